The molecule has 0 amide bonds. The molecule has 0 unspecified atom stereocenters. The molecule has 0 atom stereocenters. The van der Waals surface area contributed by atoms with Crippen molar-refractivity contribution in [3.8, 4) is 0 Å². The van der Waals surface area contributed by atoms with Gasteiger partial charge in [0.25, 0.3) is 0 Å². The van der Waals surface area contributed by atoms with Crippen LogP contribution < -0.4 is 5.32 Å². The number of methoxy groups -OCH3 is 1. The minimum absolute atomic E-state index is 0.372. The van der Waals surface area contributed by atoms with Crippen LogP contribution in [0.4, 0.5) is 5.69 Å². The number of halogens is 2. The van der Waals surface area contributed by atoms with E-state index in [4.69, 9.17) is 27.9 Å². The average Bonchev–Trinajstić information content (AvgIpc) is 2.46. The van der Waals surface area contributed by atoms with Crippen LogP contribution in [0.1, 0.15) is 21.5 Å². The molecule has 0 fully saturated rings. The van der Waals surface area contributed by atoms with Crippen LogP contribution in [0.3, 0.4) is 0 Å². The summed E-state index contributed by atoms with van der Waals surface area (Å²) in [6.45, 7) is 2.41. The van der Waals surface area contributed by atoms with Crippen LogP contribution in [0.25, 0.3) is 0 Å². The molecule has 2 aromatic carbocycles. The third-order valence-corrected chi connectivity index (χ3v) is 3.65. The minimum Gasteiger partial charge on any atom is -0.465 e. The Morgan fingerprint density at radius 3 is 2.62 bits per heavy atom. The van der Waals surface area contributed by atoms with Crippen LogP contribution in [0.2, 0.25) is 10.0 Å². The summed E-state index contributed by atoms with van der Waals surface area (Å²) in [5, 5.41) is 4.38. The Balaban J connectivity index is 2.21. The van der Waals surface area contributed by atoms with Gasteiger partial charge in [-0.1, -0.05) is 40.9 Å². The third-order valence-electron chi connectivity index (χ3n) is 3.06. The number of carbonyl (C=O) groups is 1. The van der Waals surface area contributed by atoms with Crippen LogP contribution in [-0.2, 0) is 11.3 Å². The molecule has 0 saturated carbocycles. The van der Waals surface area contributed by atoms with Gasteiger partial charge in [-0.3, -0.25) is 0 Å². The van der Waals surface area contributed by atoms with E-state index in [1.54, 1.807) is 18.2 Å². The first-order valence-corrected chi connectivity index (χ1v) is 7.13. The Kier molecular flexibility index (Phi) is 5.10. The summed E-state index contributed by atoms with van der Waals surface area (Å²) in [7, 11) is 1.37. The van der Waals surface area contributed by atoms with Crippen molar-refractivity contribution >= 4 is 34.9 Å². The summed E-state index contributed by atoms with van der Waals surface area (Å²) in [4.78, 5) is 11.8. The normalized spacial score (nSPS) is 10.3. The average molecular weight is 324 g/mol. The van der Waals surface area contributed by atoms with Crippen molar-refractivity contribution in [2.75, 3.05) is 12.4 Å². The first-order chi connectivity index (χ1) is 10.0. The molecule has 3 nitrogen and oxygen atoms in total. The van der Waals surface area contributed by atoms with Gasteiger partial charge in [0.15, 0.2) is 0 Å². The Bertz CT molecular complexity index is 671. The summed E-state index contributed by atoms with van der Waals surface area (Å²) in [5.41, 5.74) is 3.10. The van der Waals surface area contributed by atoms with Gasteiger partial charge in [-0.15, -0.1) is 0 Å². The van der Waals surface area contributed by atoms with Crippen molar-refractivity contribution in [1.29, 1.82) is 0 Å². The van der Waals surface area contributed by atoms with Gasteiger partial charge in [-0.25, -0.2) is 4.79 Å². The lowest BCUT2D eigenvalue weighted by Crippen LogP contribution is -2.09. The number of aryl methyl sites for hydroxylation is 1. The van der Waals surface area contributed by atoms with Crippen molar-refractivity contribution in [3.63, 3.8) is 0 Å². The van der Waals surface area contributed by atoms with Crippen LogP contribution in [0, 0.1) is 6.92 Å². The molecule has 0 radical (unpaired) electrons. The van der Waals surface area contributed by atoms with E-state index in [9.17, 15) is 4.79 Å². The van der Waals surface area contributed by atoms with Gasteiger partial charge in [0.1, 0.15) is 0 Å². The van der Waals surface area contributed by atoms with E-state index in [-0.39, 0.29) is 5.97 Å². The molecule has 1 N–H and O–H groups in total. The van der Waals surface area contributed by atoms with E-state index in [0.717, 1.165) is 11.1 Å². The van der Waals surface area contributed by atoms with Gasteiger partial charge < -0.3 is 10.1 Å². The zero-order valence-electron chi connectivity index (χ0n) is 11.7. The second kappa shape index (κ2) is 6.83. The van der Waals surface area contributed by atoms with Gasteiger partial charge >= 0.3 is 5.97 Å². The standard InChI is InChI=1S/C16H15Cl2NO2/c1-10-3-6-15(13(7-10)16(20)21-2)19-9-11-4-5-12(17)8-14(11)18/h3-8,19H,9H2,1-2H3. The maximum Gasteiger partial charge on any atom is 0.339 e. The fourth-order valence-electron chi connectivity index (χ4n) is 1.95. The quantitative estimate of drug-likeness (QED) is 0.829. The van der Waals surface area contributed by atoms with E-state index in [1.165, 1.54) is 7.11 Å². The van der Waals surface area contributed by atoms with Crippen molar-refractivity contribution < 1.29 is 9.53 Å². The molecule has 0 heterocycles. The molecule has 110 valence electrons. The molecule has 0 aliphatic carbocycles. The van der Waals surface area contributed by atoms with Crippen molar-refractivity contribution in [2.45, 2.75) is 13.5 Å². The largest absolute Gasteiger partial charge is 0.465 e. The Morgan fingerprint density at radius 1 is 1.19 bits per heavy atom. The summed E-state index contributed by atoms with van der Waals surface area (Å²) in [6.07, 6.45) is 0. The Labute approximate surface area is 133 Å². The zero-order chi connectivity index (χ0) is 15.4. The number of hydrogen-bond donors (Lipinski definition) is 1. The molecule has 0 aliphatic heterocycles. The van der Waals surface area contributed by atoms with E-state index >= 15 is 0 Å². The van der Waals surface area contributed by atoms with E-state index in [1.807, 2.05) is 25.1 Å². The first-order valence-electron chi connectivity index (χ1n) is 6.38. The summed E-state index contributed by atoms with van der Waals surface area (Å²) in [6, 6.07) is 10.9. The van der Waals surface area contributed by atoms with Crippen molar-refractivity contribution in [1.82, 2.24) is 0 Å². The molecule has 2 aromatic rings. The first kappa shape index (κ1) is 15.7. The van der Waals surface area contributed by atoms with Crippen LogP contribution in [-0.4, -0.2) is 13.1 Å². The van der Waals surface area contributed by atoms with Crippen LogP contribution in [0.5, 0.6) is 0 Å². The van der Waals surface area contributed by atoms with Crippen molar-refractivity contribution in [2.24, 2.45) is 0 Å². The maximum absolute atomic E-state index is 11.8. The number of rotatable bonds is 4. The number of hydrogen-bond acceptors (Lipinski definition) is 3. The lowest BCUT2D eigenvalue weighted by atomic mass is 10.1. The number of ether oxygens (including phenoxy) is 1. The number of nitrogens with one attached hydrogen (secondary N) is 1. The molecule has 2 rings (SSSR count). The number of carbonyl (C=O) groups excluding carboxylic acids is 1. The van der Waals surface area contributed by atoms with E-state index < -0.39 is 0 Å². The molecule has 21 heavy (non-hydrogen) atoms. The lowest BCUT2D eigenvalue weighted by Gasteiger charge is -2.12. The van der Waals surface area contributed by atoms with E-state index in [0.29, 0.717) is 27.8 Å². The van der Waals surface area contributed by atoms with Crippen LogP contribution in [0.15, 0.2) is 36.4 Å². The van der Waals surface area contributed by atoms with Gasteiger partial charge in [-0.2, -0.15) is 0 Å². The Hall–Kier alpha value is -1.71. The smallest absolute Gasteiger partial charge is 0.339 e. The molecular weight excluding hydrogens is 309 g/mol. The molecule has 0 aliphatic rings. The second-order valence-corrected chi connectivity index (χ2v) is 5.47. The topological polar surface area (TPSA) is 38.3 Å². The predicted octanol–water partition coefficient (Wildman–Crippen LogP) is 4.70. The highest BCUT2D eigenvalue weighted by molar-refractivity contribution is 6.35. The van der Waals surface area contributed by atoms with Gasteiger partial charge in [-0.05, 0) is 36.8 Å². The minimum atomic E-state index is -0.372. The van der Waals surface area contributed by atoms with Crippen molar-refractivity contribution in [3.05, 3.63) is 63.1 Å². The highest BCUT2D eigenvalue weighted by Crippen LogP contribution is 2.24. The molecule has 0 aromatic heterocycles. The lowest BCUT2D eigenvalue weighted by molar-refractivity contribution is 0.0601. The number of benzene rings is 2. The predicted molar refractivity (Wildman–Crippen MR) is 86.3 cm³/mol. The fraction of sp³-hybridized carbons (Fsp3) is 0.188. The summed E-state index contributed by atoms with van der Waals surface area (Å²) >= 11 is 12.0. The summed E-state index contributed by atoms with van der Waals surface area (Å²) in [5.74, 6) is -0.372. The molecule has 5 heteroatoms. The summed E-state index contributed by atoms with van der Waals surface area (Å²) < 4.78 is 4.80. The molecule has 0 bridgehead atoms. The SMILES string of the molecule is COC(=O)c1cc(C)ccc1NCc1ccc(Cl)cc1Cl. The number of anilines is 1. The fourth-order valence-corrected chi connectivity index (χ4v) is 2.42. The molecule has 0 saturated heterocycles. The highest BCUT2D eigenvalue weighted by Gasteiger charge is 2.12. The molecule has 0 spiro atoms. The second-order valence-electron chi connectivity index (χ2n) is 4.63. The van der Waals surface area contributed by atoms with E-state index in [2.05, 4.69) is 5.32 Å². The Morgan fingerprint density at radius 2 is 1.95 bits per heavy atom. The number of esters is 1. The molecular formula is C16H15Cl2NO2. The van der Waals surface area contributed by atoms with Gasteiger partial charge in [0, 0.05) is 22.3 Å². The zero-order valence-corrected chi connectivity index (χ0v) is 13.3. The van der Waals surface area contributed by atoms with Gasteiger partial charge in [0.2, 0.25) is 0 Å². The van der Waals surface area contributed by atoms with Crippen LogP contribution >= 0.6 is 23.2 Å². The highest BCUT2D eigenvalue weighted by atomic mass is 35.5. The maximum atomic E-state index is 11.8. The monoisotopic (exact) mass is 323 g/mol. The third kappa shape index (κ3) is 3.90. The van der Waals surface area contributed by atoms with Gasteiger partial charge in [0.05, 0.1) is 12.7 Å².